The third-order valence-corrected chi connectivity index (χ3v) is 7.04. The molecule has 160 valence electrons. The first kappa shape index (κ1) is 21.0. The summed E-state index contributed by atoms with van der Waals surface area (Å²) in [6.07, 6.45) is 2.23. The van der Waals surface area contributed by atoms with Gasteiger partial charge in [-0.25, -0.2) is 0 Å². The molecule has 4 rings (SSSR count). The smallest absolute Gasteiger partial charge is 0.227 e. The molecule has 1 aromatic carbocycles. The summed E-state index contributed by atoms with van der Waals surface area (Å²) in [4.78, 5) is 25.1. The second-order valence-corrected chi connectivity index (χ2v) is 9.31. The number of benzene rings is 1. The Labute approximate surface area is 180 Å². The quantitative estimate of drug-likeness (QED) is 0.759. The van der Waals surface area contributed by atoms with Crippen molar-refractivity contribution < 1.29 is 19.1 Å². The summed E-state index contributed by atoms with van der Waals surface area (Å²) in [5.74, 6) is 1.90. The Hall–Kier alpha value is -2.25. The molecule has 1 fully saturated rings. The van der Waals surface area contributed by atoms with E-state index in [1.165, 1.54) is 11.6 Å². The molecule has 0 spiro atoms. The number of aromatic hydroxyl groups is 1. The Morgan fingerprint density at radius 1 is 1.30 bits per heavy atom. The highest BCUT2D eigenvalue weighted by atomic mass is 32.2. The van der Waals surface area contributed by atoms with Gasteiger partial charge in [-0.1, -0.05) is 24.3 Å². The third kappa shape index (κ3) is 4.27. The highest BCUT2D eigenvalue weighted by Crippen LogP contribution is 2.44. The van der Waals surface area contributed by atoms with Crippen molar-refractivity contribution in [2.75, 3.05) is 24.7 Å². The first-order valence-corrected chi connectivity index (χ1v) is 11.5. The first-order valence-electron chi connectivity index (χ1n) is 10.4. The van der Waals surface area contributed by atoms with Crippen LogP contribution in [0.2, 0.25) is 0 Å². The van der Waals surface area contributed by atoms with E-state index in [9.17, 15) is 14.7 Å². The maximum atomic E-state index is 13.0. The summed E-state index contributed by atoms with van der Waals surface area (Å²) in [5, 5.41) is 13.4. The van der Waals surface area contributed by atoms with Crippen molar-refractivity contribution in [2.24, 2.45) is 0 Å². The van der Waals surface area contributed by atoms with Gasteiger partial charge in [0.1, 0.15) is 11.9 Å². The molecule has 3 heterocycles. The lowest BCUT2D eigenvalue weighted by atomic mass is 9.75. The lowest BCUT2D eigenvalue weighted by Gasteiger charge is -2.36. The molecular formula is C23H27NO5S. The van der Waals surface area contributed by atoms with Crippen LogP contribution in [-0.2, 0) is 21.4 Å². The van der Waals surface area contributed by atoms with E-state index in [0.717, 1.165) is 23.5 Å². The summed E-state index contributed by atoms with van der Waals surface area (Å²) in [7, 11) is 0. The standard InChI is InChI=1S/C23H27NO5S/c1-15-12-18(25)21(27)22(29-15)23(7-10-30-11-8-23)13-20(26)24-14-19-17-5-3-2-4-16(17)6-9-28-19/h2-5,12,19,27H,6-11,13-14H2,1H3,(H,24,26). The van der Waals surface area contributed by atoms with Crippen molar-refractivity contribution in [2.45, 2.75) is 44.1 Å². The maximum Gasteiger partial charge on any atom is 0.227 e. The van der Waals surface area contributed by atoms with E-state index in [2.05, 4.69) is 11.4 Å². The van der Waals surface area contributed by atoms with E-state index >= 15 is 0 Å². The van der Waals surface area contributed by atoms with Gasteiger partial charge >= 0.3 is 0 Å². The molecule has 0 bridgehead atoms. The van der Waals surface area contributed by atoms with Crippen LogP contribution in [0.4, 0.5) is 0 Å². The molecule has 0 saturated carbocycles. The highest BCUT2D eigenvalue weighted by Gasteiger charge is 2.41. The molecule has 1 atom stereocenters. The predicted molar refractivity (Wildman–Crippen MR) is 116 cm³/mol. The van der Waals surface area contributed by atoms with Gasteiger partial charge < -0.3 is 19.6 Å². The first-order chi connectivity index (χ1) is 14.5. The van der Waals surface area contributed by atoms with E-state index in [0.29, 0.717) is 31.8 Å². The number of thioether (sulfide) groups is 1. The van der Waals surface area contributed by atoms with Crippen molar-refractivity contribution in [1.29, 1.82) is 0 Å². The number of aryl methyl sites for hydroxylation is 1. The van der Waals surface area contributed by atoms with E-state index < -0.39 is 10.8 Å². The lowest BCUT2D eigenvalue weighted by Crippen LogP contribution is -2.40. The number of carbonyl (C=O) groups excluding carboxylic acids is 1. The normalized spacial score (nSPS) is 20.4. The fourth-order valence-corrected chi connectivity index (χ4v) is 5.71. The molecular weight excluding hydrogens is 402 g/mol. The van der Waals surface area contributed by atoms with E-state index in [1.54, 1.807) is 6.92 Å². The van der Waals surface area contributed by atoms with Crippen LogP contribution in [0.15, 0.2) is 39.5 Å². The number of rotatable bonds is 5. The minimum Gasteiger partial charge on any atom is -0.502 e. The van der Waals surface area contributed by atoms with Crippen molar-refractivity contribution >= 4 is 17.7 Å². The second kappa shape index (κ2) is 8.86. The van der Waals surface area contributed by atoms with Gasteiger partial charge in [0.2, 0.25) is 17.1 Å². The minimum atomic E-state index is -0.671. The van der Waals surface area contributed by atoms with Gasteiger partial charge in [0.05, 0.1) is 6.61 Å². The average molecular weight is 430 g/mol. The molecule has 0 aliphatic carbocycles. The number of hydrogen-bond acceptors (Lipinski definition) is 6. The van der Waals surface area contributed by atoms with Crippen LogP contribution in [0.5, 0.6) is 5.75 Å². The van der Waals surface area contributed by atoms with Gasteiger partial charge in [-0.05, 0) is 48.8 Å². The molecule has 30 heavy (non-hydrogen) atoms. The Kier molecular flexibility index (Phi) is 6.20. The molecule has 1 amide bonds. The zero-order chi connectivity index (χ0) is 21.1. The summed E-state index contributed by atoms with van der Waals surface area (Å²) in [6, 6.07) is 9.43. The monoisotopic (exact) mass is 429 g/mol. The van der Waals surface area contributed by atoms with Gasteiger partial charge in [0, 0.05) is 24.4 Å². The number of hydrogen-bond donors (Lipinski definition) is 2. The lowest BCUT2D eigenvalue weighted by molar-refractivity contribution is -0.123. The fraction of sp³-hybridized carbons (Fsp3) is 0.478. The van der Waals surface area contributed by atoms with Crippen LogP contribution in [-0.4, -0.2) is 35.7 Å². The number of nitrogens with one attached hydrogen (secondary N) is 1. The summed E-state index contributed by atoms with van der Waals surface area (Å²) >= 11 is 1.81. The summed E-state index contributed by atoms with van der Waals surface area (Å²) in [6.45, 7) is 2.72. The number of carbonyl (C=O) groups is 1. The highest BCUT2D eigenvalue weighted by molar-refractivity contribution is 7.99. The van der Waals surface area contributed by atoms with Gasteiger partial charge in [-0.2, -0.15) is 11.8 Å². The van der Waals surface area contributed by atoms with Crippen molar-refractivity contribution in [1.82, 2.24) is 5.32 Å². The van der Waals surface area contributed by atoms with Gasteiger partial charge in [-0.15, -0.1) is 0 Å². The zero-order valence-corrected chi connectivity index (χ0v) is 17.9. The van der Waals surface area contributed by atoms with Gasteiger partial charge in [-0.3, -0.25) is 9.59 Å². The van der Waals surface area contributed by atoms with Crippen LogP contribution in [0, 0.1) is 6.92 Å². The molecule has 1 unspecified atom stereocenters. The second-order valence-electron chi connectivity index (χ2n) is 8.08. The van der Waals surface area contributed by atoms with Crippen molar-refractivity contribution in [3.05, 3.63) is 63.2 Å². The topological polar surface area (TPSA) is 88.8 Å². The molecule has 2 aliphatic heterocycles. The molecule has 2 aliphatic rings. The van der Waals surface area contributed by atoms with Crippen LogP contribution in [0.1, 0.15) is 48.0 Å². The van der Waals surface area contributed by atoms with E-state index in [-0.39, 0.29) is 29.9 Å². The van der Waals surface area contributed by atoms with Gasteiger partial charge in [0.25, 0.3) is 0 Å². The Morgan fingerprint density at radius 3 is 2.87 bits per heavy atom. The molecule has 0 radical (unpaired) electrons. The maximum absolute atomic E-state index is 13.0. The molecule has 2 N–H and O–H groups in total. The molecule has 6 nitrogen and oxygen atoms in total. The SMILES string of the molecule is Cc1cc(=O)c(O)c(C2(CC(=O)NCC3OCCc4ccccc43)CCSCC2)o1. The Bertz CT molecular complexity index is 980. The summed E-state index contributed by atoms with van der Waals surface area (Å²) < 4.78 is 11.7. The Balaban J connectivity index is 1.51. The number of ether oxygens (including phenoxy) is 1. The zero-order valence-electron chi connectivity index (χ0n) is 17.1. The minimum absolute atomic E-state index is 0.128. The number of amides is 1. The van der Waals surface area contributed by atoms with E-state index in [1.807, 2.05) is 30.0 Å². The number of fused-ring (bicyclic) bond motifs is 1. The molecule has 1 saturated heterocycles. The van der Waals surface area contributed by atoms with Crippen LogP contribution in [0.25, 0.3) is 0 Å². The largest absolute Gasteiger partial charge is 0.502 e. The molecule has 2 aromatic rings. The van der Waals surface area contributed by atoms with Crippen LogP contribution >= 0.6 is 11.8 Å². The average Bonchev–Trinajstić information content (AvgIpc) is 2.75. The van der Waals surface area contributed by atoms with Gasteiger partial charge in [0.15, 0.2) is 5.76 Å². The summed E-state index contributed by atoms with van der Waals surface area (Å²) in [5.41, 5.74) is 1.25. The third-order valence-electron chi connectivity index (χ3n) is 6.05. The van der Waals surface area contributed by atoms with Crippen molar-refractivity contribution in [3.63, 3.8) is 0 Å². The van der Waals surface area contributed by atoms with Crippen LogP contribution in [0.3, 0.4) is 0 Å². The van der Waals surface area contributed by atoms with E-state index in [4.69, 9.17) is 9.15 Å². The van der Waals surface area contributed by atoms with Crippen molar-refractivity contribution in [3.8, 4) is 5.75 Å². The Morgan fingerprint density at radius 2 is 2.07 bits per heavy atom. The fourth-order valence-electron chi connectivity index (χ4n) is 4.43. The molecule has 1 aromatic heterocycles. The van der Waals surface area contributed by atoms with Crippen LogP contribution < -0.4 is 10.7 Å². The molecule has 7 heteroatoms. The predicted octanol–water partition coefficient (Wildman–Crippen LogP) is 3.24.